The van der Waals surface area contributed by atoms with Gasteiger partial charge in [0.15, 0.2) is 0 Å². The summed E-state index contributed by atoms with van der Waals surface area (Å²) in [5.41, 5.74) is 9.04. The van der Waals surface area contributed by atoms with Crippen molar-refractivity contribution in [2.45, 2.75) is 84.2 Å². The van der Waals surface area contributed by atoms with Crippen LogP contribution in [0.25, 0.3) is 0 Å². The third kappa shape index (κ3) is 14.9. The van der Waals surface area contributed by atoms with Gasteiger partial charge in [0.2, 0.25) is 17.7 Å². The monoisotopic (exact) mass is 709 g/mol. The normalized spacial score (nSPS) is 13.3. The van der Waals surface area contributed by atoms with Crippen molar-refractivity contribution < 1.29 is 29.0 Å². The fourth-order valence-electron chi connectivity index (χ4n) is 5.35. The van der Waals surface area contributed by atoms with Gasteiger partial charge in [-0.25, -0.2) is 4.79 Å². The predicted octanol–water partition coefficient (Wildman–Crippen LogP) is 4.31. The molecule has 7 N–H and O–H groups in total. The maximum absolute atomic E-state index is 13.7. The number of nitrogen functional groups attached to an aromatic ring is 1. The summed E-state index contributed by atoms with van der Waals surface area (Å²) in [6.45, 7) is 7.91. The summed E-state index contributed by atoms with van der Waals surface area (Å²) in [5.74, 6) is -1.67. The molecule has 3 aromatic rings. The molecular formula is C38H52ClN5O6. The van der Waals surface area contributed by atoms with Crippen LogP contribution in [0.2, 0.25) is 0 Å². The Morgan fingerprint density at radius 1 is 0.780 bits per heavy atom. The summed E-state index contributed by atoms with van der Waals surface area (Å²) >= 11 is 0. The Balaban J connectivity index is 0.00000867. The van der Waals surface area contributed by atoms with Crippen LogP contribution in [-0.4, -0.2) is 59.7 Å². The van der Waals surface area contributed by atoms with E-state index in [2.05, 4.69) is 21.3 Å². The third-order valence-electron chi connectivity index (χ3n) is 7.95. The van der Waals surface area contributed by atoms with E-state index in [0.29, 0.717) is 30.6 Å². The number of rotatable bonds is 18. The molecule has 0 aliphatic heterocycles. The van der Waals surface area contributed by atoms with Crippen molar-refractivity contribution in [3.8, 4) is 0 Å². The minimum absolute atomic E-state index is 0. The highest BCUT2D eigenvalue weighted by Crippen LogP contribution is 2.14. The molecule has 272 valence electrons. The van der Waals surface area contributed by atoms with E-state index < -0.39 is 42.1 Å². The molecule has 3 aromatic carbocycles. The van der Waals surface area contributed by atoms with E-state index in [9.17, 15) is 24.3 Å². The Morgan fingerprint density at radius 3 is 2.00 bits per heavy atom. The SMILES string of the molecule is CC(C)C[C@H](NC(=O)[C@@H](NC(=O)[C@H](Cc1cccc(N)c1)NC(=O)OCc1ccccc1)C(C)C)[C@@H](O)CC(=O)NCCc1ccccc1.Cl. The van der Waals surface area contributed by atoms with Gasteiger partial charge in [-0.05, 0) is 53.5 Å². The fourth-order valence-corrected chi connectivity index (χ4v) is 5.35. The van der Waals surface area contributed by atoms with Crippen molar-refractivity contribution in [3.63, 3.8) is 0 Å². The number of aliphatic hydroxyl groups excluding tert-OH is 1. The molecular weight excluding hydrogens is 658 g/mol. The molecule has 4 atom stereocenters. The topological polar surface area (TPSA) is 172 Å². The lowest BCUT2D eigenvalue weighted by molar-refractivity contribution is -0.132. The van der Waals surface area contributed by atoms with Gasteiger partial charge in [-0.3, -0.25) is 14.4 Å². The van der Waals surface area contributed by atoms with E-state index in [1.807, 2.05) is 74.5 Å². The molecule has 0 aliphatic carbocycles. The van der Waals surface area contributed by atoms with Gasteiger partial charge >= 0.3 is 6.09 Å². The zero-order valence-electron chi connectivity index (χ0n) is 29.3. The highest BCUT2D eigenvalue weighted by molar-refractivity contribution is 5.92. The summed E-state index contributed by atoms with van der Waals surface area (Å²) < 4.78 is 5.37. The van der Waals surface area contributed by atoms with Gasteiger partial charge in [-0.15, -0.1) is 12.4 Å². The average Bonchev–Trinajstić information content (AvgIpc) is 3.06. The first-order chi connectivity index (χ1) is 23.4. The van der Waals surface area contributed by atoms with Gasteiger partial charge in [-0.1, -0.05) is 100 Å². The zero-order chi connectivity index (χ0) is 35.8. The van der Waals surface area contributed by atoms with Crippen molar-refractivity contribution in [1.82, 2.24) is 21.3 Å². The molecule has 11 nitrogen and oxygen atoms in total. The summed E-state index contributed by atoms with van der Waals surface area (Å²) in [5, 5.41) is 22.2. The summed E-state index contributed by atoms with van der Waals surface area (Å²) in [6.07, 6.45) is -0.969. The van der Waals surface area contributed by atoms with Crippen LogP contribution in [0.15, 0.2) is 84.9 Å². The minimum Gasteiger partial charge on any atom is -0.445 e. The number of alkyl carbamates (subject to hydrolysis) is 1. The molecule has 50 heavy (non-hydrogen) atoms. The number of carbonyl (C=O) groups excluding carboxylic acids is 4. The number of nitrogens with one attached hydrogen (secondary N) is 4. The maximum atomic E-state index is 13.7. The van der Waals surface area contributed by atoms with E-state index in [1.54, 1.807) is 38.1 Å². The van der Waals surface area contributed by atoms with Gasteiger partial charge in [0.1, 0.15) is 18.7 Å². The Bertz CT molecular complexity index is 1490. The molecule has 0 spiro atoms. The van der Waals surface area contributed by atoms with Gasteiger partial charge in [0.25, 0.3) is 0 Å². The third-order valence-corrected chi connectivity index (χ3v) is 7.95. The van der Waals surface area contributed by atoms with Crippen LogP contribution in [0.1, 0.15) is 57.2 Å². The Labute approximate surface area is 301 Å². The van der Waals surface area contributed by atoms with Crippen molar-refractivity contribution >= 4 is 41.9 Å². The van der Waals surface area contributed by atoms with Crippen LogP contribution in [0, 0.1) is 11.8 Å². The molecule has 12 heteroatoms. The number of hydrogen-bond acceptors (Lipinski definition) is 7. The number of ether oxygens (including phenoxy) is 1. The smallest absolute Gasteiger partial charge is 0.408 e. The van der Waals surface area contributed by atoms with Crippen molar-refractivity contribution in [2.75, 3.05) is 12.3 Å². The first-order valence-electron chi connectivity index (χ1n) is 16.8. The quantitative estimate of drug-likeness (QED) is 0.107. The Kier molecular flexibility index (Phi) is 17.8. The van der Waals surface area contributed by atoms with E-state index in [-0.39, 0.29) is 49.6 Å². The lowest BCUT2D eigenvalue weighted by atomic mass is 9.95. The molecule has 3 rings (SSSR count). The lowest BCUT2D eigenvalue weighted by Gasteiger charge is -2.30. The maximum Gasteiger partial charge on any atom is 0.408 e. The summed E-state index contributed by atoms with van der Waals surface area (Å²) in [6, 6.07) is 23.0. The molecule has 0 fully saturated rings. The highest BCUT2D eigenvalue weighted by Gasteiger charge is 2.32. The number of carbonyl (C=O) groups is 4. The summed E-state index contributed by atoms with van der Waals surface area (Å²) in [4.78, 5) is 52.9. The number of hydrogen-bond donors (Lipinski definition) is 6. The average molecular weight is 710 g/mol. The second-order valence-electron chi connectivity index (χ2n) is 13.0. The molecule has 0 heterocycles. The second-order valence-corrected chi connectivity index (χ2v) is 13.0. The van der Waals surface area contributed by atoms with E-state index in [1.165, 1.54) is 0 Å². The first kappa shape index (κ1) is 41.6. The van der Waals surface area contributed by atoms with E-state index in [0.717, 1.165) is 11.1 Å². The largest absolute Gasteiger partial charge is 0.445 e. The van der Waals surface area contributed by atoms with Gasteiger partial charge in [0, 0.05) is 18.7 Å². The van der Waals surface area contributed by atoms with E-state index in [4.69, 9.17) is 10.5 Å². The van der Waals surface area contributed by atoms with Gasteiger partial charge in [0.05, 0.1) is 18.6 Å². The molecule has 0 unspecified atom stereocenters. The zero-order valence-corrected chi connectivity index (χ0v) is 30.1. The van der Waals surface area contributed by atoms with Crippen molar-refractivity contribution in [2.24, 2.45) is 11.8 Å². The van der Waals surface area contributed by atoms with Crippen LogP contribution >= 0.6 is 12.4 Å². The van der Waals surface area contributed by atoms with Gasteiger partial charge < -0.3 is 36.8 Å². The number of halogens is 1. The van der Waals surface area contributed by atoms with Crippen LogP contribution < -0.4 is 27.0 Å². The number of amides is 4. The molecule has 0 bridgehead atoms. The van der Waals surface area contributed by atoms with Crippen LogP contribution in [0.3, 0.4) is 0 Å². The number of anilines is 1. The second kappa shape index (κ2) is 21.5. The van der Waals surface area contributed by atoms with Crippen LogP contribution in [0.5, 0.6) is 0 Å². The van der Waals surface area contributed by atoms with Crippen molar-refractivity contribution in [1.29, 1.82) is 0 Å². The predicted molar refractivity (Wildman–Crippen MR) is 197 cm³/mol. The minimum atomic E-state index is -1.15. The van der Waals surface area contributed by atoms with Crippen molar-refractivity contribution in [3.05, 3.63) is 102 Å². The molecule has 0 saturated heterocycles. The highest BCUT2D eigenvalue weighted by atomic mass is 35.5. The molecule has 4 amide bonds. The fraction of sp³-hybridized carbons (Fsp3) is 0.421. The number of benzene rings is 3. The van der Waals surface area contributed by atoms with Crippen LogP contribution in [0.4, 0.5) is 10.5 Å². The summed E-state index contributed by atoms with van der Waals surface area (Å²) in [7, 11) is 0. The standard InChI is InChI=1S/C38H51N5O6.ClH/c1-25(2)20-31(33(44)23-34(45)40-19-18-27-12-7-5-8-13-27)41-37(47)35(26(3)4)43-36(46)32(22-29-16-11-17-30(39)21-29)42-38(48)49-24-28-14-9-6-10-15-28;/h5-17,21,25-26,31-33,35,44H,18-20,22-24,39H2,1-4H3,(H,40,45)(H,41,47)(H,42,48)(H,43,46);1H/t31-,32-,33-,35-;/m0./s1. The molecule has 0 radical (unpaired) electrons. The van der Waals surface area contributed by atoms with Crippen LogP contribution in [-0.2, 0) is 38.6 Å². The number of nitrogens with two attached hydrogens (primary N) is 1. The van der Waals surface area contributed by atoms with E-state index >= 15 is 0 Å². The Hall–Kier alpha value is -4.61. The molecule has 0 saturated carbocycles. The lowest BCUT2D eigenvalue weighted by Crippen LogP contribution is -2.58. The molecule has 0 aliphatic rings. The Morgan fingerprint density at radius 2 is 1.40 bits per heavy atom. The first-order valence-corrected chi connectivity index (χ1v) is 16.8. The van der Waals surface area contributed by atoms with Gasteiger partial charge in [-0.2, -0.15) is 0 Å². The molecule has 0 aromatic heterocycles. The number of aliphatic hydroxyl groups is 1.